The third-order valence-electron chi connectivity index (χ3n) is 12.2. The fourth-order valence-electron chi connectivity index (χ4n) is 9.06. The first-order chi connectivity index (χ1) is 29.2. The van der Waals surface area contributed by atoms with E-state index in [0.29, 0.717) is 18.7 Å². The molecule has 1 aromatic heterocycles. The highest BCUT2D eigenvalue weighted by molar-refractivity contribution is 6.07. The van der Waals surface area contributed by atoms with Crippen molar-refractivity contribution in [2.24, 2.45) is 7.05 Å². The molecule has 0 saturated carbocycles. The van der Waals surface area contributed by atoms with Crippen LogP contribution in [0.5, 0.6) is 5.75 Å². The number of benzene rings is 3. The van der Waals surface area contributed by atoms with E-state index in [0.717, 1.165) is 80.1 Å². The van der Waals surface area contributed by atoms with Crippen molar-refractivity contribution < 1.29 is 29.0 Å². The molecule has 4 aliphatic rings. The first-order valence-corrected chi connectivity index (χ1v) is 20.9. The second-order valence-corrected chi connectivity index (χ2v) is 16.1. The number of aromatic nitrogens is 1. The number of rotatable bonds is 12. The molecule has 0 bridgehead atoms. The van der Waals surface area contributed by atoms with Crippen molar-refractivity contribution in [3.63, 3.8) is 0 Å². The number of hydrogen-bond donors (Lipinski definition) is 2. The largest absolute Gasteiger partial charge is 0.508 e. The Bertz CT molecular complexity index is 2180. The van der Waals surface area contributed by atoms with E-state index in [-0.39, 0.29) is 62.6 Å². The summed E-state index contributed by atoms with van der Waals surface area (Å²) in [6.07, 6.45) is 2.91. The third-order valence-corrected chi connectivity index (χ3v) is 12.2. The van der Waals surface area contributed by atoms with Gasteiger partial charge in [0.15, 0.2) is 0 Å². The number of urea groups is 1. The van der Waals surface area contributed by atoms with Gasteiger partial charge in [0, 0.05) is 97.0 Å². The summed E-state index contributed by atoms with van der Waals surface area (Å²) in [4.78, 5) is 67.3. The number of carbonyl (C=O) groups excluding carboxylic acids is 4. The Morgan fingerprint density at radius 3 is 2.32 bits per heavy atom. The number of phenols is 1. The van der Waals surface area contributed by atoms with Crippen molar-refractivity contribution in [2.45, 2.75) is 31.7 Å². The predicted octanol–water partition coefficient (Wildman–Crippen LogP) is 2.71. The lowest BCUT2D eigenvalue weighted by molar-refractivity contribution is -0.189. The van der Waals surface area contributed by atoms with E-state index in [1.54, 1.807) is 50.2 Å². The summed E-state index contributed by atoms with van der Waals surface area (Å²) < 4.78 is 7.45. The van der Waals surface area contributed by atoms with Crippen LogP contribution in [0.15, 0.2) is 91.6 Å². The van der Waals surface area contributed by atoms with Crippen molar-refractivity contribution in [1.29, 1.82) is 0 Å². The number of nitrogens with zero attached hydrogens (tertiary/aromatic N) is 8. The summed E-state index contributed by atoms with van der Waals surface area (Å²) in [5, 5.41) is 17.1. The molecule has 0 spiro atoms. The van der Waals surface area contributed by atoms with Crippen LogP contribution >= 0.6 is 0 Å². The number of carbonyl (C=O) groups is 4. The molecule has 0 aliphatic carbocycles. The molecule has 60 heavy (non-hydrogen) atoms. The van der Waals surface area contributed by atoms with E-state index in [1.165, 1.54) is 0 Å². The highest BCUT2D eigenvalue weighted by Crippen LogP contribution is 2.32. The molecular formula is C45H55N9O6. The van der Waals surface area contributed by atoms with Crippen LogP contribution in [0.4, 0.5) is 4.79 Å². The van der Waals surface area contributed by atoms with Gasteiger partial charge in [0.2, 0.25) is 11.8 Å². The second kappa shape index (κ2) is 18.3. The molecule has 15 heteroatoms. The van der Waals surface area contributed by atoms with Crippen LogP contribution in [-0.4, -0.2) is 165 Å². The van der Waals surface area contributed by atoms with Crippen LogP contribution in [0.25, 0.3) is 10.9 Å². The maximum atomic E-state index is 14.8. The number of hydrogen-bond acceptors (Lipinski definition) is 9. The lowest BCUT2D eigenvalue weighted by Gasteiger charge is -2.55. The Morgan fingerprint density at radius 2 is 1.60 bits per heavy atom. The van der Waals surface area contributed by atoms with E-state index in [1.807, 2.05) is 71.2 Å². The maximum Gasteiger partial charge on any atom is 0.334 e. The van der Waals surface area contributed by atoms with Gasteiger partial charge in [0.25, 0.3) is 5.91 Å². The number of ether oxygens (including phenoxy) is 1. The zero-order valence-corrected chi connectivity index (χ0v) is 34.3. The number of aromatic hydroxyl groups is 1. The number of fused-ring (bicyclic) bond motifs is 2. The summed E-state index contributed by atoms with van der Waals surface area (Å²) >= 11 is 0. The fourth-order valence-corrected chi connectivity index (χ4v) is 9.06. The van der Waals surface area contributed by atoms with Gasteiger partial charge in [-0.3, -0.25) is 24.2 Å². The minimum Gasteiger partial charge on any atom is -0.508 e. The molecule has 2 atom stereocenters. The number of morpholine rings is 1. The Hall–Kier alpha value is -5.74. The van der Waals surface area contributed by atoms with Crippen LogP contribution in [0.3, 0.4) is 0 Å². The van der Waals surface area contributed by atoms with Gasteiger partial charge in [0.05, 0.1) is 37.4 Å². The van der Waals surface area contributed by atoms with Gasteiger partial charge >= 0.3 is 6.03 Å². The number of phenolic OH excluding ortho intramolecular Hbond substituents is 1. The molecule has 5 amide bonds. The Labute approximate surface area is 350 Å². The summed E-state index contributed by atoms with van der Waals surface area (Å²) in [6, 6.07) is 20.7. The molecule has 0 unspecified atom stereocenters. The molecule has 3 aromatic carbocycles. The van der Waals surface area contributed by atoms with E-state index in [9.17, 15) is 24.3 Å². The maximum absolute atomic E-state index is 14.8. The molecule has 15 nitrogen and oxygen atoms in total. The Kier molecular flexibility index (Phi) is 12.5. The Balaban J connectivity index is 1.05. The number of piperazine rings is 2. The molecule has 5 heterocycles. The minimum atomic E-state index is -0.923. The minimum absolute atomic E-state index is 0.00980. The average molecular weight is 818 g/mol. The molecule has 316 valence electrons. The molecule has 8 rings (SSSR count). The number of nitrogens with one attached hydrogen (secondary N) is 1. The van der Waals surface area contributed by atoms with Gasteiger partial charge in [-0.2, -0.15) is 0 Å². The van der Waals surface area contributed by atoms with Gasteiger partial charge in [-0.05, 0) is 28.8 Å². The van der Waals surface area contributed by atoms with Crippen LogP contribution < -0.4 is 5.32 Å². The summed E-state index contributed by atoms with van der Waals surface area (Å²) in [6.45, 7) is 13.0. The average Bonchev–Trinajstić information content (AvgIpc) is 3.61. The zero-order chi connectivity index (χ0) is 41.8. The van der Waals surface area contributed by atoms with Crippen molar-refractivity contribution in [3.8, 4) is 5.75 Å². The molecule has 4 fully saturated rings. The Morgan fingerprint density at radius 1 is 0.883 bits per heavy atom. The lowest BCUT2D eigenvalue weighted by atomic mass is 9.98. The molecule has 4 aliphatic heterocycles. The smallest absolute Gasteiger partial charge is 0.334 e. The van der Waals surface area contributed by atoms with Crippen molar-refractivity contribution in [3.05, 3.63) is 114 Å². The van der Waals surface area contributed by atoms with Crippen molar-refractivity contribution in [2.75, 3.05) is 85.2 Å². The molecule has 0 radical (unpaired) electrons. The SMILES string of the molecule is C=CCN1CC(=O)N2[C@@H](Cc3ccc(O)cc3)C(=O)N(Cc3cccc4c(C(=O)N5CCN(CCN6CCOCC6)CC5)cn(C)c34)C[C@@H]2N1C(=O)NCc1ccccc1. The first kappa shape index (κ1) is 41.0. The molecule has 4 saturated heterocycles. The summed E-state index contributed by atoms with van der Waals surface area (Å²) in [5.74, 6) is -0.428. The number of amides is 5. The number of hydrazine groups is 1. The molecule has 2 N–H and O–H groups in total. The topological polar surface area (TPSA) is 137 Å². The normalized spacial score (nSPS) is 20.8. The summed E-state index contributed by atoms with van der Waals surface area (Å²) in [5.41, 5.74) is 4.00. The lowest BCUT2D eigenvalue weighted by Crippen LogP contribution is -2.76. The van der Waals surface area contributed by atoms with E-state index in [2.05, 4.69) is 21.7 Å². The highest BCUT2D eigenvalue weighted by Gasteiger charge is 2.51. The molecular weight excluding hydrogens is 763 g/mol. The van der Waals surface area contributed by atoms with Crippen LogP contribution in [0, 0.1) is 0 Å². The molecule has 4 aromatic rings. The van der Waals surface area contributed by atoms with Gasteiger partial charge in [-0.25, -0.2) is 14.8 Å². The fraction of sp³-hybridized carbons (Fsp3) is 0.422. The van der Waals surface area contributed by atoms with Crippen molar-refractivity contribution >= 4 is 34.7 Å². The van der Waals surface area contributed by atoms with Crippen LogP contribution in [0.1, 0.15) is 27.0 Å². The standard InChI is InChI=1S/C45H55N9O6/c1-3-16-52-32-41(56)53-39(27-33-12-14-36(55)15-13-33)44(58)51(31-40(53)54(52)45(59)46-28-34-8-5-4-6-9-34)29-35-10-7-11-37-38(30-47(2)42(35)37)43(57)50-21-19-48(20-22-50)17-18-49-23-25-60-26-24-49/h3-15,30,39-40,55H,1,16-29,31-32H2,2H3,(H,46,59)/t39-,40-/m0/s1. The van der Waals surface area contributed by atoms with Gasteiger partial charge < -0.3 is 34.4 Å². The predicted molar refractivity (Wildman–Crippen MR) is 226 cm³/mol. The van der Waals surface area contributed by atoms with Gasteiger partial charge in [-0.1, -0.05) is 66.7 Å². The van der Waals surface area contributed by atoms with Gasteiger partial charge in [-0.15, -0.1) is 6.58 Å². The highest BCUT2D eigenvalue weighted by atomic mass is 16.5. The van der Waals surface area contributed by atoms with E-state index < -0.39 is 18.2 Å². The van der Waals surface area contributed by atoms with Gasteiger partial charge in [0.1, 0.15) is 18.0 Å². The van der Waals surface area contributed by atoms with E-state index >= 15 is 0 Å². The van der Waals surface area contributed by atoms with Crippen LogP contribution in [-0.2, 0) is 40.9 Å². The van der Waals surface area contributed by atoms with Crippen LogP contribution in [0.2, 0.25) is 0 Å². The van der Waals surface area contributed by atoms with Crippen molar-refractivity contribution in [1.82, 2.24) is 44.4 Å². The second-order valence-electron chi connectivity index (χ2n) is 16.1. The third kappa shape index (κ3) is 8.75. The quantitative estimate of drug-likeness (QED) is 0.207. The number of para-hydroxylation sites is 1. The summed E-state index contributed by atoms with van der Waals surface area (Å²) in [7, 11) is 1.92. The zero-order valence-electron chi connectivity index (χ0n) is 34.3. The van der Waals surface area contributed by atoms with E-state index in [4.69, 9.17) is 4.74 Å². The first-order valence-electron chi connectivity index (χ1n) is 20.9. The monoisotopic (exact) mass is 817 g/mol. The number of aryl methyl sites for hydroxylation is 1.